The summed E-state index contributed by atoms with van der Waals surface area (Å²) in [6.45, 7) is 13.5. The molecule has 0 radical (unpaired) electrons. The van der Waals surface area contributed by atoms with Gasteiger partial charge in [-0.25, -0.2) is 0 Å². The molecule has 0 unspecified atom stereocenters. The lowest BCUT2D eigenvalue weighted by molar-refractivity contribution is -0.152. The molecule has 0 spiro atoms. The van der Waals surface area contributed by atoms with E-state index >= 15 is 0 Å². The van der Waals surface area contributed by atoms with Crippen molar-refractivity contribution in [3.63, 3.8) is 0 Å². The molecular formula is C36H44N6O5S. The number of anilines is 1. The van der Waals surface area contributed by atoms with Crippen LogP contribution >= 0.6 is 11.3 Å². The predicted octanol–water partition coefficient (Wildman–Crippen LogP) is 5.30. The summed E-state index contributed by atoms with van der Waals surface area (Å²) >= 11 is 1.58. The van der Waals surface area contributed by atoms with Gasteiger partial charge in [0.15, 0.2) is 0 Å². The van der Waals surface area contributed by atoms with E-state index in [1.807, 2.05) is 52.0 Å². The Hall–Kier alpha value is -4.89. The van der Waals surface area contributed by atoms with Crippen LogP contribution in [0.4, 0.5) is 5.00 Å². The van der Waals surface area contributed by atoms with Gasteiger partial charge in [0.2, 0.25) is 5.91 Å². The maximum absolute atomic E-state index is 12.1. The minimum Gasteiger partial charge on any atom is -0.460 e. The number of thiophene rings is 1. The van der Waals surface area contributed by atoms with Crippen LogP contribution in [0.25, 0.3) is 0 Å². The molecule has 3 heterocycles. The highest BCUT2D eigenvalue weighted by Gasteiger charge is 2.29. The molecule has 2 aliphatic heterocycles. The molecule has 0 bridgehead atoms. The number of benzene rings is 1. The Bertz CT molecular complexity index is 1680. The second-order valence-corrected chi connectivity index (χ2v) is 13.5. The average Bonchev–Trinajstić information content (AvgIpc) is 3.40. The van der Waals surface area contributed by atoms with Crippen LogP contribution in [0.15, 0.2) is 41.4 Å². The Labute approximate surface area is 286 Å². The summed E-state index contributed by atoms with van der Waals surface area (Å²) in [5, 5.41) is 20.3. The Morgan fingerprint density at radius 2 is 1.69 bits per heavy atom. The van der Waals surface area contributed by atoms with E-state index in [-0.39, 0.29) is 48.2 Å². The number of fused-ring (bicyclic) bond motifs is 1. The smallest absolute Gasteiger partial charge is 0.303 e. The molecule has 12 heteroatoms. The van der Waals surface area contributed by atoms with E-state index < -0.39 is 0 Å². The molecule has 11 nitrogen and oxygen atoms in total. The third kappa shape index (κ3) is 10.6. The summed E-state index contributed by atoms with van der Waals surface area (Å²) in [4.78, 5) is 54.2. The molecule has 3 N–H and O–H groups in total. The number of carbonyl (C=O) groups is 4. The van der Waals surface area contributed by atoms with Gasteiger partial charge >= 0.3 is 5.97 Å². The van der Waals surface area contributed by atoms with Gasteiger partial charge in [0.25, 0.3) is 11.8 Å². The highest BCUT2D eigenvalue weighted by molar-refractivity contribution is 7.17. The van der Waals surface area contributed by atoms with Gasteiger partial charge in [0.1, 0.15) is 22.3 Å². The highest BCUT2D eigenvalue weighted by Crippen LogP contribution is 2.39. The fourth-order valence-corrected chi connectivity index (χ4v) is 6.20. The molecular weight excluding hydrogens is 629 g/mol. The van der Waals surface area contributed by atoms with Gasteiger partial charge in [-0.05, 0) is 72.1 Å². The van der Waals surface area contributed by atoms with Gasteiger partial charge in [0, 0.05) is 53.6 Å². The summed E-state index contributed by atoms with van der Waals surface area (Å²) in [7, 11) is 0. The number of nitrogens with zero attached hydrogens (tertiary/aromatic N) is 3. The molecule has 0 fully saturated rings. The number of aryl methyl sites for hydroxylation is 1. The number of nitrogens with one attached hydrogen (secondary N) is 3. The molecule has 1 aromatic carbocycles. The molecule has 0 aliphatic carbocycles. The number of amides is 3. The van der Waals surface area contributed by atoms with Crippen LogP contribution in [-0.4, -0.2) is 71.2 Å². The van der Waals surface area contributed by atoms with Crippen LogP contribution in [-0.2, 0) is 23.9 Å². The van der Waals surface area contributed by atoms with E-state index in [4.69, 9.17) is 20.5 Å². The van der Waals surface area contributed by atoms with E-state index in [0.29, 0.717) is 31.6 Å². The molecule has 254 valence electrons. The molecule has 0 saturated heterocycles. The summed E-state index contributed by atoms with van der Waals surface area (Å²) in [6.07, 6.45) is 5.02. The van der Waals surface area contributed by atoms with Crippen molar-refractivity contribution in [1.29, 1.82) is 10.8 Å². The first-order valence-corrected chi connectivity index (χ1v) is 16.6. The Morgan fingerprint density at radius 1 is 1.04 bits per heavy atom. The second kappa shape index (κ2) is 16.8. The number of ether oxygens (including phenoxy) is 1. The van der Waals surface area contributed by atoms with Crippen molar-refractivity contribution in [3.8, 4) is 11.8 Å². The zero-order valence-electron chi connectivity index (χ0n) is 28.7. The Kier molecular flexibility index (Phi) is 13.1. The molecule has 0 saturated carbocycles. The first-order valence-electron chi connectivity index (χ1n) is 15.8. The number of amidine groups is 2. The van der Waals surface area contributed by atoms with E-state index in [9.17, 15) is 19.2 Å². The van der Waals surface area contributed by atoms with E-state index in [0.717, 1.165) is 44.3 Å². The molecule has 1 aromatic heterocycles. The van der Waals surface area contributed by atoms with Crippen LogP contribution in [0.3, 0.4) is 0 Å². The first-order chi connectivity index (χ1) is 22.6. The quantitative estimate of drug-likeness (QED) is 0.0864. The lowest BCUT2D eigenvalue weighted by Gasteiger charge is -2.21. The maximum atomic E-state index is 12.1. The van der Waals surface area contributed by atoms with Gasteiger partial charge < -0.3 is 10.1 Å². The number of imide groups is 1. The molecule has 2 aromatic rings. The van der Waals surface area contributed by atoms with Gasteiger partial charge in [-0.2, -0.15) is 0 Å². The third-order valence-corrected chi connectivity index (χ3v) is 8.39. The zero-order chi connectivity index (χ0) is 35.6. The number of esters is 1. The monoisotopic (exact) mass is 672 g/mol. The highest BCUT2D eigenvalue weighted by atomic mass is 32.1. The fraction of sp³-hybridized carbons (Fsp3) is 0.417. The van der Waals surface area contributed by atoms with E-state index in [1.54, 1.807) is 23.2 Å². The lowest BCUT2D eigenvalue weighted by atomic mass is 9.99. The summed E-state index contributed by atoms with van der Waals surface area (Å²) in [6, 6.07) is 7.77. The topological polar surface area (TPSA) is 156 Å². The van der Waals surface area contributed by atoms with Crippen LogP contribution < -0.4 is 10.2 Å². The minimum atomic E-state index is -0.328. The largest absolute Gasteiger partial charge is 0.460 e. The number of carbonyl (C=O) groups excluding carboxylic acids is 4. The van der Waals surface area contributed by atoms with Crippen LogP contribution in [0.2, 0.25) is 0 Å². The second-order valence-electron chi connectivity index (χ2n) is 12.3. The van der Waals surface area contributed by atoms with Crippen LogP contribution in [0.1, 0.15) is 87.4 Å². The molecule has 0 atom stereocenters. The molecule has 3 amide bonds. The molecule has 48 heavy (non-hydrogen) atoms. The van der Waals surface area contributed by atoms with Crippen LogP contribution in [0, 0.1) is 36.5 Å². The number of aliphatic imine (C=N–C) groups is 1. The summed E-state index contributed by atoms with van der Waals surface area (Å²) < 4.78 is 4.80. The predicted molar refractivity (Wildman–Crippen MR) is 190 cm³/mol. The van der Waals surface area contributed by atoms with Crippen molar-refractivity contribution in [2.45, 2.75) is 79.8 Å². The summed E-state index contributed by atoms with van der Waals surface area (Å²) in [5.41, 5.74) is 4.30. The van der Waals surface area contributed by atoms with Crippen molar-refractivity contribution in [3.05, 3.63) is 63.5 Å². The average molecular weight is 673 g/mol. The Balaban J connectivity index is 0.000000694. The number of hydrogen-bond donors (Lipinski definition) is 3. The number of rotatable bonds is 8. The maximum Gasteiger partial charge on any atom is 0.303 e. The van der Waals surface area contributed by atoms with Crippen molar-refractivity contribution in [2.24, 2.45) is 4.99 Å². The first kappa shape index (κ1) is 37.6. The molecule has 2 aliphatic rings. The SMILES string of the molecule is CC(=N)N1C(=N)CN=C(c2ccc(C#CCNC(=O)CCCCCN3C(=O)C=CC3=O)cc2)c2c1sc(C)c2C.CC(=O)OC(C)(C)C. The van der Waals surface area contributed by atoms with Gasteiger partial charge in [-0.3, -0.25) is 44.8 Å². The lowest BCUT2D eigenvalue weighted by Crippen LogP contribution is -2.35. The zero-order valence-corrected chi connectivity index (χ0v) is 29.5. The normalized spacial score (nSPS) is 13.9. The Morgan fingerprint density at radius 3 is 2.25 bits per heavy atom. The minimum absolute atomic E-state index is 0.0805. The number of unbranched alkanes of at least 4 members (excludes halogenated alkanes) is 2. The van der Waals surface area contributed by atoms with Crippen LogP contribution in [0.5, 0.6) is 0 Å². The number of hydrogen-bond acceptors (Lipinski definition) is 9. The van der Waals surface area contributed by atoms with Crippen molar-refractivity contribution < 1.29 is 23.9 Å². The van der Waals surface area contributed by atoms with Crippen molar-refractivity contribution in [2.75, 3.05) is 24.5 Å². The summed E-state index contributed by atoms with van der Waals surface area (Å²) in [5.74, 6) is 5.78. The van der Waals surface area contributed by atoms with E-state index in [1.165, 1.54) is 24.0 Å². The van der Waals surface area contributed by atoms with Gasteiger partial charge in [0.05, 0.1) is 18.8 Å². The standard InChI is InChI=1S/C30H32N6O3S.C6H12O2/c1-19-20(2)40-30-28(19)29(34-18-24(32)36(30)21(3)31)23-12-10-22(11-13-23)8-7-16-33-25(37)9-5-4-6-17-35-26(38)14-15-27(35)39;1-5(7)8-6(2,3)4/h10-15,31-32H,4-6,9,16-18H2,1-3H3,(H,33,37);1-4H3. The van der Waals surface area contributed by atoms with E-state index in [2.05, 4.69) is 24.1 Å². The fourth-order valence-electron chi connectivity index (χ4n) is 4.97. The van der Waals surface area contributed by atoms with Gasteiger partial charge in [-0.15, -0.1) is 11.3 Å². The third-order valence-electron chi connectivity index (χ3n) is 7.20. The molecule has 4 rings (SSSR count). The van der Waals surface area contributed by atoms with Crippen molar-refractivity contribution in [1.82, 2.24) is 10.2 Å². The van der Waals surface area contributed by atoms with Crippen molar-refractivity contribution >= 4 is 57.4 Å². The van der Waals surface area contributed by atoms with Gasteiger partial charge in [-0.1, -0.05) is 30.4 Å².